The number of hydrogen-bond acceptors (Lipinski definition) is 4. The van der Waals surface area contributed by atoms with Crippen molar-refractivity contribution in [2.24, 2.45) is 0 Å². The molecule has 0 aromatic heterocycles. The lowest BCUT2D eigenvalue weighted by molar-refractivity contribution is -0.128. The molecule has 4 nitrogen and oxygen atoms in total. The number of carbonyl (C=O) groups is 1. The predicted molar refractivity (Wildman–Crippen MR) is 69.6 cm³/mol. The molecule has 0 aliphatic heterocycles. The molecule has 1 aromatic carbocycles. The minimum Gasteiger partial charge on any atom is -0.493 e. The zero-order chi connectivity index (χ0) is 13.7. The smallest absolute Gasteiger partial charge is 0.179 e. The minimum atomic E-state index is -0.678. The molecule has 0 N–H and O–H groups in total. The molecule has 0 radical (unpaired) electrons. The number of benzene rings is 1. The molecule has 100 valence electrons. The number of carbonyl (C=O) groups excluding carboxylic acids is 1. The van der Waals surface area contributed by atoms with Gasteiger partial charge in [-0.05, 0) is 19.9 Å². The van der Waals surface area contributed by atoms with Gasteiger partial charge in [-0.2, -0.15) is 0 Å². The maximum Gasteiger partial charge on any atom is 0.179 e. The van der Waals surface area contributed by atoms with Crippen molar-refractivity contribution in [3.8, 4) is 11.5 Å². The summed E-state index contributed by atoms with van der Waals surface area (Å²) in [6.07, 6.45) is -0.678. The number of ketones is 1. The Kier molecular flexibility index (Phi) is 5.44. The summed E-state index contributed by atoms with van der Waals surface area (Å²) in [4.78, 5) is 11.6. The van der Waals surface area contributed by atoms with E-state index in [-0.39, 0.29) is 5.78 Å². The van der Waals surface area contributed by atoms with Crippen molar-refractivity contribution in [2.45, 2.75) is 20.0 Å². The molecular weight excluding hydrogens is 256 g/mol. The third kappa shape index (κ3) is 2.94. The molecule has 18 heavy (non-hydrogen) atoms. The topological polar surface area (TPSA) is 44.8 Å². The second kappa shape index (κ2) is 6.61. The van der Waals surface area contributed by atoms with Crippen LogP contribution in [0.25, 0.3) is 0 Å². The molecule has 0 heterocycles. The molecular formula is C13H17ClO4. The lowest BCUT2D eigenvalue weighted by Gasteiger charge is -2.18. The third-order valence-electron chi connectivity index (χ3n) is 2.50. The summed E-state index contributed by atoms with van der Waals surface area (Å²) < 4.78 is 15.7. The molecule has 0 fully saturated rings. The molecule has 1 atom stereocenters. The SMILES string of the molecule is CCOC(C(C)=O)c1ccc(OC)c(OC)c1Cl. The van der Waals surface area contributed by atoms with Gasteiger partial charge in [0.15, 0.2) is 17.3 Å². The molecule has 0 amide bonds. The number of methoxy groups -OCH3 is 2. The molecule has 0 spiro atoms. The Morgan fingerprint density at radius 3 is 2.44 bits per heavy atom. The van der Waals surface area contributed by atoms with Gasteiger partial charge < -0.3 is 14.2 Å². The Hall–Kier alpha value is -1.26. The first-order valence-corrected chi connectivity index (χ1v) is 5.97. The second-order valence-corrected chi connectivity index (χ2v) is 4.03. The van der Waals surface area contributed by atoms with Gasteiger partial charge in [-0.25, -0.2) is 0 Å². The van der Waals surface area contributed by atoms with Crippen molar-refractivity contribution >= 4 is 17.4 Å². The summed E-state index contributed by atoms with van der Waals surface area (Å²) in [7, 11) is 3.02. The summed E-state index contributed by atoms with van der Waals surface area (Å²) >= 11 is 6.23. The van der Waals surface area contributed by atoms with E-state index in [4.69, 9.17) is 25.8 Å². The Morgan fingerprint density at radius 2 is 2.00 bits per heavy atom. The van der Waals surface area contributed by atoms with Crippen molar-refractivity contribution in [3.63, 3.8) is 0 Å². The van der Waals surface area contributed by atoms with Crippen molar-refractivity contribution in [3.05, 3.63) is 22.7 Å². The largest absolute Gasteiger partial charge is 0.493 e. The first-order valence-electron chi connectivity index (χ1n) is 5.59. The highest BCUT2D eigenvalue weighted by Crippen LogP contribution is 2.40. The van der Waals surface area contributed by atoms with Crippen molar-refractivity contribution < 1.29 is 19.0 Å². The van der Waals surface area contributed by atoms with E-state index in [0.717, 1.165) is 0 Å². The van der Waals surface area contributed by atoms with E-state index in [1.807, 2.05) is 6.92 Å². The highest BCUT2D eigenvalue weighted by atomic mass is 35.5. The zero-order valence-electron chi connectivity index (χ0n) is 11.0. The number of rotatable bonds is 6. The molecule has 0 aliphatic carbocycles. The first kappa shape index (κ1) is 14.8. The summed E-state index contributed by atoms with van der Waals surface area (Å²) in [6.45, 7) is 3.72. The average Bonchev–Trinajstić information content (AvgIpc) is 2.35. The highest BCUT2D eigenvalue weighted by Gasteiger charge is 2.23. The van der Waals surface area contributed by atoms with Gasteiger partial charge in [0.25, 0.3) is 0 Å². The molecule has 0 bridgehead atoms. The standard InChI is InChI=1S/C13H17ClO4/c1-5-18-12(8(2)15)9-6-7-10(16-3)13(17-4)11(9)14/h6-7,12H,5H2,1-4H3. The Bertz CT molecular complexity index is 431. The van der Waals surface area contributed by atoms with Crippen LogP contribution in [0.5, 0.6) is 11.5 Å². The molecule has 0 saturated heterocycles. The number of halogens is 1. The van der Waals surface area contributed by atoms with Crippen LogP contribution in [-0.4, -0.2) is 26.6 Å². The molecule has 5 heteroatoms. The van der Waals surface area contributed by atoms with Gasteiger partial charge in [-0.15, -0.1) is 0 Å². The lowest BCUT2D eigenvalue weighted by Crippen LogP contribution is -2.14. The Balaban J connectivity index is 3.27. The summed E-state index contributed by atoms with van der Waals surface area (Å²) in [5.41, 5.74) is 0.587. The van der Waals surface area contributed by atoms with Gasteiger partial charge in [0, 0.05) is 12.2 Å². The van der Waals surface area contributed by atoms with Gasteiger partial charge in [0.05, 0.1) is 19.2 Å². The van der Waals surface area contributed by atoms with Crippen LogP contribution in [0.2, 0.25) is 5.02 Å². The normalized spacial score (nSPS) is 12.1. The number of Topliss-reactive ketones (excluding diaryl/α,β-unsaturated/α-hetero) is 1. The maximum atomic E-state index is 11.6. The molecule has 0 aliphatic rings. The highest BCUT2D eigenvalue weighted by molar-refractivity contribution is 6.33. The van der Waals surface area contributed by atoms with Crippen LogP contribution < -0.4 is 9.47 Å². The van der Waals surface area contributed by atoms with Gasteiger partial charge in [0.2, 0.25) is 0 Å². The van der Waals surface area contributed by atoms with Crippen molar-refractivity contribution in [2.75, 3.05) is 20.8 Å². The van der Waals surface area contributed by atoms with Gasteiger partial charge >= 0.3 is 0 Å². The van der Waals surface area contributed by atoms with Crippen molar-refractivity contribution in [1.82, 2.24) is 0 Å². The fraction of sp³-hybridized carbons (Fsp3) is 0.462. The summed E-state index contributed by atoms with van der Waals surface area (Å²) in [6, 6.07) is 3.42. The van der Waals surface area contributed by atoms with Gasteiger partial charge in [-0.3, -0.25) is 4.79 Å². The second-order valence-electron chi connectivity index (χ2n) is 3.65. The molecule has 1 unspecified atom stereocenters. The van der Waals surface area contributed by atoms with Crippen molar-refractivity contribution in [1.29, 1.82) is 0 Å². The molecule has 1 rings (SSSR count). The van der Waals surface area contributed by atoms with Crippen LogP contribution >= 0.6 is 11.6 Å². The van der Waals surface area contributed by atoms with E-state index >= 15 is 0 Å². The summed E-state index contributed by atoms with van der Waals surface area (Å²) in [5, 5.41) is 0.338. The quantitative estimate of drug-likeness (QED) is 0.798. The average molecular weight is 273 g/mol. The van der Waals surface area contributed by atoms with Crippen LogP contribution in [0.15, 0.2) is 12.1 Å². The van der Waals surface area contributed by atoms with Gasteiger partial charge in [0.1, 0.15) is 6.10 Å². The maximum absolute atomic E-state index is 11.6. The van der Waals surface area contributed by atoms with Crippen LogP contribution in [0.3, 0.4) is 0 Å². The fourth-order valence-electron chi connectivity index (χ4n) is 1.70. The third-order valence-corrected chi connectivity index (χ3v) is 2.89. The Morgan fingerprint density at radius 1 is 1.33 bits per heavy atom. The van der Waals surface area contributed by atoms with E-state index in [1.54, 1.807) is 12.1 Å². The van der Waals surface area contributed by atoms with E-state index in [0.29, 0.717) is 28.7 Å². The van der Waals surface area contributed by atoms with Crippen LogP contribution in [0, 0.1) is 0 Å². The Labute approximate surface area is 112 Å². The summed E-state index contributed by atoms with van der Waals surface area (Å²) in [5.74, 6) is 0.818. The number of hydrogen-bond donors (Lipinski definition) is 0. The first-order chi connectivity index (χ1) is 8.56. The van der Waals surface area contributed by atoms with E-state index in [2.05, 4.69) is 0 Å². The fourth-order valence-corrected chi connectivity index (χ4v) is 2.03. The number of ether oxygens (including phenoxy) is 3. The van der Waals surface area contributed by atoms with Crippen LogP contribution in [0.4, 0.5) is 0 Å². The molecule has 0 saturated carbocycles. The van der Waals surface area contributed by atoms with E-state index in [9.17, 15) is 4.79 Å². The van der Waals surface area contributed by atoms with Crippen LogP contribution in [-0.2, 0) is 9.53 Å². The molecule has 1 aromatic rings. The van der Waals surface area contributed by atoms with Gasteiger partial charge in [-0.1, -0.05) is 17.7 Å². The minimum absolute atomic E-state index is 0.106. The van der Waals surface area contributed by atoms with Crippen LogP contribution in [0.1, 0.15) is 25.5 Å². The van der Waals surface area contributed by atoms with E-state index in [1.165, 1.54) is 21.1 Å². The lowest BCUT2D eigenvalue weighted by atomic mass is 10.1. The zero-order valence-corrected chi connectivity index (χ0v) is 11.7. The van der Waals surface area contributed by atoms with E-state index < -0.39 is 6.10 Å². The predicted octanol–water partition coefficient (Wildman–Crippen LogP) is 3.02. The monoisotopic (exact) mass is 272 g/mol.